The summed E-state index contributed by atoms with van der Waals surface area (Å²) in [6, 6.07) is 5.50. The number of nitriles is 1. The van der Waals surface area contributed by atoms with E-state index in [1.54, 1.807) is 12.1 Å². The van der Waals surface area contributed by atoms with Crippen LogP contribution in [-0.4, -0.2) is 13.2 Å². The minimum atomic E-state index is -0.539. The van der Waals surface area contributed by atoms with Crippen molar-refractivity contribution >= 4 is 23.2 Å². The van der Waals surface area contributed by atoms with Gasteiger partial charge >= 0.3 is 0 Å². The molecule has 0 aliphatic rings. The van der Waals surface area contributed by atoms with Crippen LogP contribution in [0.1, 0.15) is 18.9 Å². The Bertz CT molecular complexity index is 429. The first-order valence-corrected chi connectivity index (χ1v) is 6.06. The zero-order valence-electron chi connectivity index (χ0n) is 9.67. The van der Waals surface area contributed by atoms with Crippen LogP contribution >= 0.6 is 23.2 Å². The monoisotopic (exact) mass is 273 g/mol. The lowest BCUT2D eigenvalue weighted by molar-refractivity contribution is 0.239. The Kier molecular flexibility index (Phi) is 5.40. The molecule has 3 nitrogen and oxygen atoms in total. The molecule has 1 unspecified atom stereocenters. The highest BCUT2D eigenvalue weighted by Gasteiger charge is 2.15. The molecule has 5 heteroatoms. The number of halogens is 2. The van der Waals surface area contributed by atoms with Crippen LogP contribution in [0.5, 0.6) is 11.5 Å². The molecule has 0 bridgehead atoms. The van der Waals surface area contributed by atoms with E-state index >= 15 is 0 Å². The molecule has 17 heavy (non-hydrogen) atoms. The summed E-state index contributed by atoms with van der Waals surface area (Å²) >= 11 is 11.8. The second kappa shape index (κ2) is 6.58. The van der Waals surface area contributed by atoms with E-state index < -0.39 is 6.10 Å². The molecule has 0 aliphatic heterocycles. The lowest BCUT2D eigenvalue weighted by atomic mass is 10.2. The topological polar surface area (TPSA) is 42.2 Å². The molecule has 1 rings (SSSR count). The fraction of sp³-hybridized carbons (Fsp3) is 0.417. The van der Waals surface area contributed by atoms with Crippen LogP contribution in [0.2, 0.25) is 5.02 Å². The normalized spacial score (nSPS) is 11.7. The Morgan fingerprint density at radius 2 is 2.18 bits per heavy atom. The van der Waals surface area contributed by atoms with Gasteiger partial charge in [-0.3, -0.25) is 0 Å². The van der Waals surface area contributed by atoms with Crippen molar-refractivity contribution in [2.24, 2.45) is 0 Å². The van der Waals surface area contributed by atoms with Crippen molar-refractivity contribution in [2.75, 3.05) is 7.11 Å². The lowest BCUT2D eigenvalue weighted by Gasteiger charge is -2.16. The Balaban J connectivity index is 3.10. The highest BCUT2D eigenvalue weighted by atomic mass is 35.5. The first-order valence-electron chi connectivity index (χ1n) is 5.14. The van der Waals surface area contributed by atoms with Crippen LogP contribution in [0.4, 0.5) is 0 Å². The molecule has 92 valence electrons. The maximum Gasteiger partial charge on any atom is 0.184 e. The average molecular weight is 274 g/mol. The number of rotatable bonds is 5. The quantitative estimate of drug-likeness (QED) is 0.767. The van der Waals surface area contributed by atoms with Gasteiger partial charge in [-0.05, 0) is 24.1 Å². The van der Waals surface area contributed by atoms with Crippen molar-refractivity contribution in [1.82, 2.24) is 0 Å². The molecule has 0 radical (unpaired) electrons. The number of ether oxygens (including phenoxy) is 2. The van der Waals surface area contributed by atoms with Gasteiger partial charge in [0.2, 0.25) is 0 Å². The van der Waals surface area contributed by atoms with Gasteiger partial charge in [0.05, 0.1) is 12.1 Å². The van der Waals surface area contributed by atoms with Crippen LogP contribution in [0.3, 0.4) is 0 Å². The fourth-order valence-corrected chi connectivity index (χ4v) is 1.74. The number of nitrogens with zero attached hydrogens (tertiary/aromatic N) is 1. The van der Waals surface area contributed by atoms with Crippen molar-refractivity contribution < 1.29 is 9.47 Å². The van der Waals surface area contributed by atoms with Crippen LogP contribution in [0, 0.1) is 11.3 Å². The number of alkyl halides is 1. The van der Waals surface area contributed by atoms with E-state index in [4.69, 9.17) is 37.9 Å². The molecular weight excluding hydrogens is 261 g/mol. The summed E-state index contributed by atoms with van der Waals surface area (Å²) in [5, 5.41) is 9.26. The van der Waals surface area contributed by atoms with E-state index in [-0.39, 0.29) is 0 Å². The maximum atomic E-state index is 8.86. The van der Waals surface area contributed by atoms with Gasteiger partial charge in [-0.15, -0.1) is 11.6 Å². The molecule has 1 atom stereocenters. The van der Waals surface area contributed by atoms with E-state index in [9.17, 15) is 0 Å². The molecule has 0 saturated heterocycles. The van der Waals surface area contributed by atoms with Gasteiger partial charge in [0.25, 0.3) is 0 Å². The minimum absolute atomic E-state index is 0.339. The molecule has 0 aliphatic carbocycles. The smallest absolute Gasteiger partial charge is 0.184 e. The predicted molar refractivity (Wildman–Crippen MR) is 67.9 cm³/mol. The summed E-state index contributed by atoms with van der Waals surface area (Å²) in [4.78, 5) is 0. The maximum absolute atomic E-state index is 8.86. The Morgan fingerprint density at radius 3 is 2.65 bits per heavy atom. The highest BCUT2D eigenvalue weighted by Crippen LogP contribution is 2.37. The molecule has 0 saturated carbocycles. The molecular formula is C12H13Cl2NO2. The molecule has 0 fully saturated rings. The summed E-state index contributed by atoms with van der Waals surface area (Å²) in [5.41, 5.74) is 0.839. The summed E-state index contributed by atoms with van der Waals surface area (Å²) in [5.74, 6) is 1.21. The molecule has 0 amide bonds. The molecule has 1 aromatic carbocycles. The van der Waals surface area contributed by atoms with Crippen molar-refractivity contribution in [3.05, 3.63) is 22.7 Å². The summed E-state index contributed by atoms with van der Waals surface area (Å²) < 4.78 is 10.7. The van der Waals surface area contributed by atoms with Gasteiger partial charge in [-0.25, -0.2) is 0 Å². The Labute approximate surface area is 111 Å². The van der Waals surface area contributed by atoms with Gasteiger partial charge in [0, 0.05) is 5.88 Å². The zero-order chi connectivity index (χ0) is 12.8. The number of methoxy groups -OCH3 is 1. The molecule has 0 heterocycles. The third-order valence-corrected chi connectivity index (χ3v) is 2.81. The number of hydrogen-bond donors (Lipinski definition) is 0. The lowest BCUT2D eigenvalue weighted by Crippen LogP contribution is -2.13. The second-order valence-electron chi connectivity index (χ2n) is 3.39. The second-order valence-corrected chi connectivity index (χ2v) is 4.06. The molecule has 0 spiro atoms. The van der Waals surface area contributed by atoms with Crippen LogP contribution in [-0.2, 0) is 5.88 Å². The van der Waals surface area contributed by atoms with Crippen molar-refractivity contribution in [1.29, 1.82) is 5.26 Å². The van der Waals surface area contributed by atoms with Gasteiger partial charge in [-0.2, -0.15) is 5.26 Å². The summed E-state index contributed by atoms with van der Waals surface area (Å²) in [6.45, 7) is 1.86. The fourth-order valence-electron chi connectivity index (χ4n) is 1.31. The van der Waals surface area contributed by atoms with Gasteiger partial charge in [0.15, 0.2) is 17.6 Å². The minimum Gasteiger partial charge on any atom is -0.493 e. The summed E-state index contributed by atoms with van der Waals surface area (Å²) in [6.07, 6.45) is 0.0380. The average Bonchev–Trinajstić information content (AvgIpc) is 2.36. The predicted octanol–water partition coefficient (Wildman–Crippen LogP) is 3.77. The zero-order valence-corrected chi connectivity index (χ0v) is 11.2. The SMILES string of the molecule is CCC(C#N)Oc1c(Cl)cc(CCl)cc1OC. The van der Waals surface area contributed by atoms with E-state index in [1.165, 1.54) is 7.11 Å². The molecule has 0 N–H and O–H groups in total. The van der Waals surface area contributed by atoms with Crippen molar-refractivity contribution in [2.45, 2.75) is 25.3 Å². The van der Waals surface area contributed by atoms with Crippen LogP contribution in [0.15, 0.2) is 12.1 Å². The first kappa shape index (κ1) is 14.0. The van der Waals surface area contributed by atoms with E-state index in [0.717, 1.165) is 5.56 Å². The standard InChI is InChI=1S/C12H13Cl2NO2/c1-3-9(7-15)17-12-10(14)4-8(6-13)5-11(12)16-2/h4-5,9H,3,6H2,1-2H3. The molecule has 1 aromatic rings. The highest BCUT2D eigenvalue weighted by molar-refractivity contribution is 6.32. The third-order valence-electron chi connectivity index (χ3n) is 2.22. The number of benzene rings is 1. The van der Waals surface area contributed by atoms with Gasteiger partial charge < -0.3 is 9.47 Å². The van der Waals surface area contributed by atoms with Crippen molar-refractivity contribution in [3.8, 4) is 17.6 Å². The largest absolute Gasteiger partial charge is 0.493 e. The first-order chi connectivity index (χ1) is 8.15. The van der Waals surface area contributed by atoms with Gasteiger partial charge in [0.1, 0.15) is 6.07 Å². The van der Waals surface area contributed by atoms with Crippen LogP contribution < -0.4 is 9.47 Å². The third kappa shape index (κ3) is 3.42. The Hall–Kier alpha value is -1.11. The van der Waals surface area contributed by atoms with Crippen LogP contribution in [0.25, 0.3) is 0 Å². The van der Waals surface area contributed by atoms with Crippen molar-refractivity contribution in [3.63, 3.8) is 0 Å². The molecule has 0 aromatic heterocycles. The van der Waals surface area contributed by atoms with Gasteiger partial charge in [-0.1, -0.05) is 18.5 Å². The number of hydrogen-bond acceptors (Lipinski definition) is 3. The summed E-state index contributed by atoms with van der Waals surface area (Å²) in [7, 11) is 1.52. The van der Waals surface area contributed by atoms with E-state index in [0.29, 0.717) is 28.8 Å². The van der Waals surface area contributed by atoms with E-state index in [2.05, 4.69) is 0 Å². The Morgan fingerprint density at radius 1 is 1.47 bits per heavy atom. The van der Waals surface area contributed by atoms with E-state index in [1.807, 2.05) is 13.0 Å².